The van der Waals surface area contributed by atoms with Crippen molar-refractivity contribution < 1.29 is 0 Å². The van der Waals surface area contributed by atoms with Gasteiger partial charge in [-0.15, -0.1) is 0 Å². The highest BCUT2D eigenvalue weighted by Crippen LogP contribution is 2.25. The number of aromatic nitrogens is 2. The number of hydrogen-bond acceptors (Lipinski definition) is 3. The lowest BCUT2D eigenvalue weighted by Crippen LogP contribution is -2.22. The second-order valence-corrected chi connectivity index (χ2v) is 5.19. The Balaban J connectivity index is 1.70. The molecule has 2 heterocycles. The molecule has 0 aromatic carbocycles. The molecule has 78 valence electrons. The van der Waals surface area contributed by atoms with Crippen molar-refractivity contribution in [2.75, 3.05) is 12.3 Å². The zero-order valence-corrected chi connectivity index (χ0v) is 9.36. The monoisotopic (exact) mass is 211 g/mol. The lowest BCUT2D eigenvalue weighted by atomic mass is 10.2. The highest BCUT2D eigenvalue weighted by molar-refractivity contribution is 8.00. The van der Waals surface area contributed by atoms with Crippen molar-refractivity contribution >= 4 is 11.8 Å². The maximum atomic E-state index is 4.00. The van der Waals surface area contributed by atoms with Gasteiger partial charge in [0.05, 0.1) is 6.20 Å². The van der Waals surface area contributed by atoms with E-state index >= 15 is 0 Å². The Bertz CT molecular complexity index is 279. The second-order valence-electron chi connectivity index (χ2n) is 3.79. The minimum absolute atomic E-state index is 0.835. The van der Waals surface area contributed by atoms with E-state index in [1.54, 1.807) is 0 Å². The van der Waals surface area contributed by atoms with Gasteiger partial charge >= 0.3 is 0 Å². The van der Waals surface area contributed by atoms with Gasteiger partial charge in [0.25, 0.3) is 0 Å². The third-order valence-electron chi connectivity index (χ3n) is 2.65. The van der Waals surface area contributed by atoms with E-state index in [1.165, 1.54) is 29.9 Å². The highest BCUT2D eigenvalue weighted by Gasteiger charge is 2.14. The Kier molecular flexibility index (Phi) is 3.48. The molecular weight excluding hydrogens is 194 g/mol. The number of aromatic amines is 1. The predicted octanol–water partition coefficient (Wildman–Crippen LogP) is 1.70. The molecule has 0 amide bonds. The SMILES string of the molecule is Cc1[nH]ncc1CNCC1CCCS1. The first-order valence-electron chi connectivity index (χ1n) is 5.17. The smallest absolute Gasteiger partial charge is 0.0535 e. The average Bonchev–Trinajstić information content (AvgIpc) is 2.78. The van der Waals surface area contributed by atoms with Crippen molar-refractivity contribution in [3.8, 4) is 0 Å². The van der Waals surface area contributed by atoms with Gasteiger partial charge in [0.1, 0.15) is 0 Å². The van der Waals surface area contributed by atoms with Crippen molar-refractivity contribution in [2.45, 2.75) is 31.6 Å². The Hall–Kier alpha value is -0.480. The third kappa shape index (κ3) is 2.51. The van der Waals surface area contributed by atoms with E-state index in [4.69, 9.17) is 0 Å². The van der Waals surface area contributed by atoms with Crippen LogP contribution in [0.15, 0.2) is 6.20 Å². The predicted molar refractivity (Wildman–Crippen MR) is 60.5 cm³/mol. The average molecular weight is 211 g/mol. The van der Waals surface area contributed by atoms with Crippen molar-refractivity contribution in [3.63, 3.8) is 0 Å². The van der Waals surface area contributed by atoms with Gasteiger partial charge < -0.3 is 5.32 Å². The molecule has 1 aromatic heterocycles. The molecule has 0 aliphatic carbocycles. The molecule has 1 fully saturated rings. The number of nitrogens with zero attached hydrogens (tertiary/aromatic N) is 1. The fourth-order valence-corrected chi connectivity index (χ4v) is 2.96. The summed E-state index contributed by atoms with van der Waals surface area (Å²) in [6, 6.07) is 0. The lowest BCUT2D eigenvalue weighted by molar-refractivity contribution is 0.644. The molecule has 2 rings (SSSR count). The van der Waals surface area contributed by atoms with E-state index in [0.29, 0.717) is 0 Å². The van der Waals surface area contributed by atoms with Gasteiger partial charge in [-0.3, -0.25) is 5.10 Å². The van der Waals surface area contributed by atoms with E-state index in [9.17, 15) is 0 Å². The van der Waals surface area contributed by atoms with Crippen LogP contribution in [0.25, 0.3) is 0 Å². The molecule has 1 aliphatic rings. The van der Waals surface area contributed by atoms with E-state index in [1.807, 2.05) is 6.20 Å². The second kappa shape index (κ2) is 4.84. The number of nitrogens with one attached hydrogen (secondary N) is 2. The summed E-state index contributed by atoms with van der Waals surface area (Å²) in [7, 11) is 0. The van der Waals surface area contributed by atoms with Crippen LogP contribution in [0.2, 0.25) is 0 Å². The molecule has 1 unspecified atom stereocenters. The topological polar surface area (TPSA) is 40.7 Å². The molecular formula is C10H17N3S. The van der Waals surface area contributed by atoms with Gasteiger partial charge in [0.2, 0.25) is 0 Å². The van der Waals surface area contributed by atoms with Crippen LogP contribution >= 0.6 is 11.8 Å². The van der Waals surface area contributed by atoms with Crippen LogP contribution in [0.1, 0.15) is 24.1 Å². The van der Waals surface area contributed by atoms with Crippen molar-refractivity contribution in [3.05, 3.63) is 17.5 Å². The van der Waals surface area contributed by atoms with Crippen LogP contribution in [0.5, 0.6) is 0 Å². The van der Waals surface area contributed by atoms with E-state index in [-0.39, 0.29) is 0 Å². The van der Waals surface area contributed by atoms with Crippen molar-refractivity contribution in [2.24, 2.45) is 0 Å². The fraction of sp³-hybridized carbons (Fsp3) is 0.700. The van der Waals surface area contributed by atoms with E-state index < -0.39 is 0 Å². The minimum atomic E-state index is 0.835. The third-order valence-corrected chi connectivity index (χ3v) is 4.04. The number of H-pyrrole nitrogens is 1. The van der Waals surface area contributed by atoms with Gasteiger partial charge in [0, 0.05) is 29.6 Å². The van der Waals surface area contributed by atoms with Crippen molar-refractivity contribution in [1.82, 2.24) is 15.5 Å². The molecule has 14 heavy (non-hydrogen) atoms. The molecule has 3 nitrogen and oxygen atoms in total. The summed E-state index contributed by atoms with van der Waals surface area (Å²) in [5.74, 6) is 1.34. The van der Waals surface area contributed by atoms with Crippen molar-refractivity contribution in [1.29, 1.82) is 0 Å². The number of hydrogen-bond donors (Lipinski definition) is 2. The molecule has 2 N–H and O–H groups in total. The molecule has 0 spiro atoms. The summed E-state index contributed by atoms with van der Waals surface area (Å²) in [5.41, 5.74) is 2.46. The first-order valence-corrected chi connectivity index (χ1v) is 6.22. The zero-order valence-electron chi connectivity index (χ0n) is 8.55. The first-order chi connectivity index (χ1) is 6.86. The number of aryl methyl sites for hydroxylation is 1. The minimum Gasteiger partial charge on any atom is -0.311 e. The summed E-state index contributed by atoms with van der Waals surface area (Å²) in [6.45, 7) is 4.14. The number of rotatable bonds is 4. The molecule has 1 aromatic rings. The van der Waals surface area contributed by atoms with Gasteiger partial charge in [-0.2, -0.15) is 16.9 Å². The molecule has 1 saturated heterocycles. The largest absolute Gasteiger partial charge is 0.311 e. The lowest BCUT2D eigenvalue weighted by Gasteiger charge is -2.09. The summed E-state index contributed by atoms with van der Waals surface area (Å²) in [4.78, 5) is 0. The van der Waals surface area contributed by atoms with E-state index in [2.05, 4.69) is 34.2 Å². The zero-order chi connectivity index (χ0) is 9.80. The Morgan fingerprint density at radius 2 is 2.64 bits per heavy atom. The molecule has 0 bridgehead atoms. The van der Waals surface area contributed by atoms with Gasteiger partial charge in [0.15, 0.2) is 0 Å². The quantitative estimate of drug-likeness (QED) is 0.796. The van der Waals surface area contributed by atoms with Crippen LogP contribution in [-0.2, 0) is 6.54 Å². The fourth-order valence-electron chi connectivity index (χ4n) is 1.73. The highest BCUT2D eigenvalue weighted by atomic mass is 32.2. The van der Waals surface area contributed by atoms with Gasteiger partial charge in [-0.1, -0.05) is 0 Å². The standard InChI is InChI=1S/C10H17N3S/c1-8-9(6-12-13-8)5-11-7-10-3-2-4-14-10/h6,10-11H,2-5,7H2,1H3,(H,12,13). The van der Waals surface area contributed by atoms with Crippen LogP contribution in [0, 0.1) is 6.92 Å². The maximum Gasteiger partial charge on any atom is 0.0535 e. The Morgan fingerprint density at radius 1 is 1.71 bits per heavy atom. The summed E-state index contributed by atoms with van der Waals surface area (Å²) in [5, 5.41) is 11.3. The van der Waals surface area contributed by atoms with Crippen LogP contribution < -0.4 is 5.32 Å². The van der Waals surface area contributed by atoms with Gasteiger partial charge in [-0.05, 0) is 25.5 Å². The van der Waals surface area contributed by atoms with Crippen LogP contribution in [-0.4, -0.2) is 27.7 Å². The molecule has 4 heteroatoms. The van der Waals surface area contributed by atoms with Crippen LogP contribution in [0.4, 0.5) is 0 Å². The summed E-state index contributed by atoms with van der Waals surface area (Å²) in [6.07, 6.45) is 4.67. The van der Waals surface area contributed by atoms with Gasteiger partial charge in [-0.25, -0.2) is 0 Å². The molecule has 1 atom stereocenters. The normalized spacial score (nSPS) is 21.6. The Morgan fingerprint density at radius 3 is 3.29 bits per heavy atom. The summed E-state index contributed by atoms with van der Waals surface area (Å²) >= 11 is 2.10. The maximum absolute atomic E-state index is 4.00. The number of thioether (sulfide) groups is 1. The van der Waals surface area contributed by atoms with E-state index in [0.717, 1.165) is 18.3 Å². The van der Waals surface area contributed by atoms with Crippen LogP contribution in [0.3, 0.4) is 0 Å². The molecule has 1 aliphatic heterocycles. The molecule has 0 saturated carbocycles. The Labute approximate surface area is 89.1 Å². The summed E-state index contributed by atoms with van der Waals surface area (Å²) < 4.78 is 0. The first kappa shape index (κ1) is 10.1. The molecule has 0 radical (unpaired) electrons.